The Bertz CT molecular complexity index is 509. The number of hydrogen-bond donors (Lipinski definition) is 1. The van der Waals surface area contributed by atoms with Crippen LogP contribution < -0.4 is 10.1 Å². The number of nitrogens with zero attached hydrogens (tertiary/aromatic N) is 5. The van der Waals surface area contributed by atoms with E-state index in [9.17, 15) is 0 Å². The molecule has 0 spiro atoms. The van der Waals surface area contributed by atoms with Gasteiger partial charge in [-0.25, -0.2) is 4.68 Å². The van der Waals surface area contributed by atoms with Gasteiger partial charge in [-0.3, -0.25) is 0 Å². The van der Waals surface area contributed by atoms with Gasteiger partial charge >= 0.3 is 6.01 Å². The van der Waals surface area contributed by atoms with Crippen LogP contribution in [-0.4, -0.2) is 38.4 Å². The van der Waals surface area contributed by atoms with Crippen molar-refractivity contribution in [2.75, 3.05) is 19.0 Å². The molecule has 7 nitrogen and oxygen atoms in total. The monoisotopic (exact) mass is 234 g/mol. The molecule has 0 amide bonds. The number of hydrogen-bond acceptors (Lipinski definition) is 6. The Kier molecular flexibility index (Phi) is 3.17. The summed E-state index contributed by atoms with van der Waals surface area (Å²) in [5.41, 5.74) is 1.04. The number of anilines is 1. The summed E-state index contributed by atoms with van der Waals surface area (Å²) >= 11 is 0. The fourth-order valence-electron chi connectivity index (χ4n) is 1.28. The van der Waals surface area contributed by atoms with Crippen molar-refractivity contribution in [1.82, 2.24) is 24.7 Å². The molecule has 0 atom stereocenters. The minimum absolute atomic E-state index is 0.287. The second-order valence-electron chi connectivity index (χ2n) is 3.39. The van der Waals surface area contributed by atoms with Gasteiger partial charge in [0.25, 0.3) is 5.95 Å². The third-order valence-electron chi connectivity index (χ3n) is 2.02. The maximum Gasteiger partial charge on any atom is 0.323 e. The molecule has 17 heavy (non-hydrogen) atoms. The van der Waals surface area contributed by atoms with Gasteiger partial charge in [0.05, 0.1) is 12.8 Å². The van der Waals surface area contributed by atoms with Crippen molar-refractivity contribution >= 4 is 5.95 Å². The lowest BCUT2D eigenvalue weighted by molar-refractivity contribution is 0.311. The van der Waals surface area contributed by atoms with E-state index in [1.165, 1.54) is 0 Å². The molecular formula is C10H14N6O. The second-order valence-corrected chi connectivity index (χ2v) is 3.39. The first kappa shape index (κ1) is 11.3. The molecule has 0 saturated heterocycles. The van der Waals surface area contributed by atoms with E-state index in [0.29, 0.717) is 18.5 Å². The molecule has 0 aliphatic heterocycles. The van der Waals surface area contributed by atoms with Crippen LogP contribution in [0.15, 0.2) is 12.4 Å². The van der Waals surface area contributed by atoms with Crippen molar-refractivity contribution in [3.8, 4) is 12.0 Å². The molecule has 2 aromatic rings. The number of aryl methyl sites for hydroxylation is 1. The largest absolute Gasteiger partial charge is 0.464 e. The van der Waals surface area contributed by atoms with E-state index in [1.807, 2.05) is 20.0 Å². The molecule has 2 heterocycles. The van der Waals surface area contributed by atoms with Crippen molar-refractivity contribution in [2.45, 2.75) is 13.8 Å². The van der Waals surface area contributed by atoms with E-state index < -0.39 is 0 Å². The lowest BCUT2D eigenvalue weighted by Gasteiger charge is -2.06. The smallest absolute Gasteiger partial charge is 0.323 e. The average Bonchev–Trinajstić information content (AvgIpc) is 2.76. The normalized spacial score (nSPS) is 10.3. The summed E-state index contributed by atoms with van der Waals surface area (Å²) < 4.78 is 6.86. The molecule has 90 valence electrons. The van der Waals surface area contributed by atoms with Crippen LogP contribution in [-0.2, 0) is 0 Å². The van der Waals surface area contributed by atoms with Crippen LogP contribution in [0.4, 0.5) is 5.95 Å². The minimum Gasteiger partial charge on any atom is -0.464 e. The fraction of sp³-hybridized carbons (Fsp3) is 0.400. The molecule has 2 rings (SSSR count). The third kappa shape index (κ3) is 2.49. The van der Waals surface area contributed by atoms with E-state index in [0.717, 1.165) is 5.56 Å². The van der Waals surface area contributed by atoms with Crippen molar-refractivity contribution in [3.63, 3.8) is 0 Å². The first-order valence-corrected chi connectivity index (χ1v) is 5.31. The maximum atomic E-state index is 5.27. The number of rotatable bonds is 4. The maximum absolute atomic E-state index is 5.27. The van der Waals surface area contributed by atoms with Crippen LogP contribution in [0, 0.1) is 6.92 Å². The average molecular weight is 234 g/mol. The van der Waals surface area contributed by atoms with E-state index in [4.69, 9.17) is 4.74 Å². The molecule has 0 aromatic carbocycles. The molecule has 0 saturated carbocycles. The highest BCUT2D eigenvalue weighted by Crippen LogP contribution is 2.10. The molecule has 1 N–H and O–H groups in total. The van der Waals surface area contributed by atoms with Crippen LogP contribution in [0.5, 0.6) is 6.01 Å². The lowest BCUT2D eigenvalue weighted by atomic mass is 10.4. The Hall–Kier alpha value is -2.18. The highest BCUT2D eigenvalue weighted by molar-refractivity contribution is 5.29. The van der Waals surface area contributed by atoms with Crippen LogP contribution in [0.25, 0.3) is 5.95 Å². The van der Waals surface area contributed by atoms with Gasteiger partial charge in [-0.05, 0) is 19.4 Å². The van der Waals surface area contributed by atoms with E-state index in [-0.39, 0.29) is 6.01 Å². The fourth-order valence-corrected chi connectivity index (χ4v) is 1.28. The topological polar surface area (TPSA) is 77.8 Å². The first-order valence-electron chi connectivity index (χ1n) is 5.31. The Morgan fingerprint density at radius 2 is 2.18 bits per heavy atom. The number of aromatic nitrogens is 5. The highest BCUT2D eigenvalue weighted by atomic mass is 16.5. The van der Waals surface area contributed by atoms with E-state index >= 15 is 0 Å². The standard InChI is InChI=1S/C10H14N6O/c1-4-17-10-14-8(11-3)13-9(15-10)16-6-7(2)5-12-16/h5-6H,4H2,1-3H3,(H,11,13,14,15). The quantitative estimate of drug-likeness (QED) is 0.843. The number of nitrogens with one attached hydrogen (secondary N) is 1. The zero-order chi connectivity index (χ0) is 12.3. The van der Waals surface area contributed by atoms with Gasteiger partial charge in [0, 0.05) is 13.2 Å². The zero-order valence-electron chi connectivity index (χ0n) is 10.0. The molecule has 0 radical (unpaired) electrons. The molecule has 0 fully saturated rings. The third-order valence-corrected chi connectivity index (χ3v) is 2.02. The molecule has 0 aliphatic rings. The molecule has 0 bridgehead atoms. The molecular weight excluding hydrogens is 220 g/mol. The second kappa shape index (κ2) is 4.77. The van der Waals surface area contributed by atoms with Gasteiger partial charge in [0.1, 0.15) is 0 Å². The predicted octanol–water partition coefficient (Wildman–Crippen LogP) is 0.806. The van der Waals surface area contributed by atoms with Gasteiger partial charge in [-0.1, -0.05) is 0 Å². The van der Waals surface area contributed by atoms with Crippen molar-refractivity contribution < 1.29 is 4.74 Å². The van der Waals surface area contributed by atoms with Gasteiger partial charge in [0.2, 0.25) is 5.95 Å². The van der Waals surface area contributed by atoms with Crippen LogP contribution in [0.1, 0.15) is 12.5 Å². The Morgan fingerprint density at radius 1 is 1.35 bits per heavy atom. The molecule has 2 aromatic heterocycles. The summed E-state index contributed by atoms with van der Waals surface area (Å²) in [6, 6.07) is 0.287. The Labute approximate surface area is 98.9 Å². The van der Waals surface area contributed by atoms with Crippen molar-refractivity contribution in [1.29, 1.82) is 0 Å². The van der Waals surface area contributed by atoms with Crippen LogP contribution in [0.3, 0.4) is 0 Å². The number of ether oxygens (including phenoxy) is 1. The van der Waals surface area contributed by atoms with E-state index in [2.05, 4.69) is 25.4 Å². The molecule has 7 heteroatoms. The summed E-state index contributed by atoms with van der Waals surface area (Å²) in [5, 5.41) is 7.00. The summed E-state index contributed by atoms with van der Waals surface area (Å²) in [6.45, 7) is 4.33. The van der Waals surface area contributed by atoms with Crippen LogP contribution >= 0.6 is 0 Å². The van der Waals surface area contributed by atoms with Gasteiger partial charge in [-0.2, -0.15) is 20.1 Å². The van der Waals surface area contributed by atoms with Crippen LogP contribution in [0.2, 0.25) is 0 Å². The molecule has 0 aliphatic carbocycles. The van der Waals surface area contributed by atoms with Gasteiger partial charge < -0.3 is 10.1 Å². The predicted molar refractivity (Wildman–Crippen MR) is 62.4 cm³/mol. The van der Waals surface area contributed by atoms with Crippen molar-refractivity contribution in [2.24, 2.45) is 0 Å². The van der Waals surface area contributed by atoms with Gasteiger partial charge in [-0.15, -0.1) is 0 Å². The summed E-state index contributed by atoms with van der Waals surface area (Å²) in [5.74, 6) is 0.882. The summed E-state index contributed by atoms with van der Waals surface area (Å²) in [6.07, 6.45) is 3.58. The van der Waals surface area contributed by atoms with E-state index in [1.54, 1.807) is 17.9 Å². The summed E-state index contributed by atoms with van der Waals surface area (Å²) in [7, 11) is 1.74. The minimum atomic E-state index is 0.287. The molecule has 0 unspecified atom stereocenters. The lowest BCUT2D eigenvalue weighted by Crippen LogP contribution is -2.09. The van der Waals surface area contributed by atoms with Gasteiger partial charge in [0.15, 0.2) is 0 Å². The highest BCUT2D eigenvalue weighted by Gasteiger charge is 2.08. The summed E-state index contributed by atoms with van der Waals surface area (Å²) in [4.78, 5) is 12.5. The Balaban J connectivity index is 2.42. The van der Waals surface area contributed by atoms with Crippen molar-refractivity contribution in [3.05, 3.63) is 18.0 Å². The first-order chi connectivity index (χ1) is 8.22. The SMILES string of the molecule is CCOc1nc(NC)nc(-n2cc(C)cn2)n1. The Morgan fingerprint density at radius 3 is 2.76 bits per heavy atom. The zero-order valence-corrected chi connectivity index (χ0v) is 10.0.